The van der Waals surface area contributed by atoms with Crippen molar-refractivity contribution >= 4 is 23.2 Å². The van der Waals surface area contributed by atoms with Crippen LogP contribution in [0, 0.1) is 0 Å². The number of primary amides is 1. The lowest BCUT2D eigenvalue weighted by molar-refractivity contribution is -0.482. The van der Waals surface area contributed by atoms with E-state index in [9.17, 15) is 9.90 Å². The molecule has 1 amide bonds. The molecule has 1 unspecified atom stereocenters. The number of aliphatic hydroxyl groups excluding tert-OH is 1. The zero-order valence-corrected chi connectivity index (χ0v) is 14.0. The lowest BCUT2D eigenvalue weighted by Crippen LogP contribution is -3.00. The van der Waals surface area contributed by atoms with Crippen LogP contribution >= 0.6 is 11.6 Å². The number of aliphatic hydroxyl groups is 1. The number of nitrogens with zero attached hydrogens (tertiary/aromatic N) is 1. The molecule has 23 heavy (non-hydrogen) atoms. The van der Waals surface area contributed by atoms with Gasteiger partial charge in [-0.25, -0.2) is 10.1 Å². The Morgan fingerprint density at radius 3 is 2.65 bits per heavy atom. The molecule has 6 heteroatoms. The van der Waals surface area contributed by atoms with Gasteiger partial charge >= 0.3 is 5.91 Å². The van der Waals surface area contributed by atoms with Crippen molar-refractivity contribution in [2.75, 3.05) is 19.7 Å². The number of rotatable bonds is 3. The fraction of sp³-hybridized carbons (Fsp3) is 0.235. The summed E-state index contributed by atoms with van der Waals surface area (Å²) >= 11 is 6.18. The Labute approximate surface area is 146 Å². The predicted octanol–water partition coefficient (Wildman–Crippen LogP) is -1.54. The Kier molecular flexibility index (Phi) is 6.16. The molecular formula is C17H18Cl2N2O2. The minimum Gasteiger partial charge on any atom is -1.00 e. The van der Waals surface area contributed by atoms with Gasteiger partial charge in [-0.3, -0.25) is 4.90 Å². The predicted molar refractivity (Wildman–Crippen MR) is 85.0 cm³/mol. The standard InChI is InChI=1S/C17H17ClN2O2.ClH/c18-13-6-7-15-14(10-13)17(12-4-2-1-3-5-12)20(8-9-21)11-16(22)19-15;/h1-7,10,17,21H,8-9,11H2,(H,19,22);1H. The first kappa shape index (κ1) is 17.9. The van der Waals surface area contributed by atoms with E-state index in [2.05, 4.69) is 0 Å². The zero-order chi connectivity index (χ0) is 15.5. The van der Waals surface area contributed by atoms with Crippen LogP contribution < -0.4 is 17.7 Å². The highest BCUT2D eigenvalue weighted by atomic mass is 35.5. The summed E-state index contributed by atoms with van der Waals surface area (Å²) in [7, 11) is 0. The number of carbonyl (C=O) groups is 1. The van der Waals surface area contributed by atoms with Crippen LogP contribution in [0.4, 0.5) is 5.69 Å². The van der Waals surface area contributed by atoms with Gasteiger partial charge in [0.1, 0.15) is 12.2 Å². The average Bonchev–Trinajstić information content (AvgIpc) is 2.64. The van der Waals surface area contributed by atoms with Crippen molar-refractivity contribution in [3.05, 3.63) is 64.7 Å². The molecule has 0 fully saturated rings. The van der Waals surface area contributed by atoms with Gasteiger partial charge in [0.15, 0.2) is 0 Å². The van der Waals surface area contributed by atoms with Crippen LogP contribution in [0.5, 0.6) is 0 Å². The molecule has 1 heterocycles. The number of nitrogens with two attached hydrogens (primary N) is 1. The highest BCUT2D eigenvalue weighted by molar-refractivity contribution is 6.30. The summed E-state index contributed by atoms with van der Waals surface area (Å²) in [5.74, 6) is 0.0375. The number of hydrogen-bond acceptors (Lipinski definition) is 3. The van der Waals surface area contributed by atoms with Gasteiger partial charge in [-0.2, -0.15) is 0 Å². The van der Waals surface area contributed by atoms with Crippen molar-refractivity contribution in [2.45, 2.75) is 6.04 Å². The summed E-state index contributed by atoms with van der Waals surface area (Å²) in [4.78, 5) is 14.2. The number of quaternary nitrogens is 1. The molecule has 2 aromatic carbocycles. The molecule has 1 aliphatic heterocycles. The van der Waals surface area contributed by atoms with Gasteiger partial charge in [0.2, 0.25) is 0 Å². The third-order valence-electron chi connectivity index (χ3n) is 3.89. The molecule has 3 N–H and O–H groups in total. The number of β-amino-alcohol motifs (C(OH)–C–C–N with tert-alkyl or cyclic N) is 1. The second-order valence-corrected chi connectivity index (χ2v) is 5.83. The van der Waals surface area contributed by atoms with E-state index in [0.29, 0.717) is 11.6 Å². The van der Waals surface area contributed by atoms with Crippen molar-refractivity contribution in [3.8, 4) is 0 Å². The summed E-state index contributed by atoms with van der Waals surface area (Å²) in [6.45, 7) is 0.726. The van der Waals surface area contributed by atoms with Crippen LogP contribution in [0.2, 0.25) is 5.02 Å². The molecular weight excluding hydrogens is 335 g/mol. The van der Waals surface area contributed by atoms with Gasteiger partial charge in [-0.05, 0) is 17.7 Å². The van der Waals surface area contributed by atoms with E-state index in [1.165, 1.54) is 0 Å². The molecule has 0 radical (unpaired) electrons. The highest BCUT2D eigenvalue weighted by Crippen LogP contribution is 2.34. The van der Waals surface area contributed by atoms with Crippen LogP contribution in [-0.4, -0.2) is 35.6 Å². The maximum Gasteiger partial charge on any atom is 0.329 e. The number of fused-ring (bicyclic) bond motifs is 1. The van der Waals surface area contributed by atoms with E-state index in [0.717, 1.165) is 16.8 Å². The Hall–Kier alpha value is -1.43. The molecule has 0 spiro atoms. The second kappa shape index (κ2) is 7.90. The summed E-state index contributed by atoms with van der Waals surface area (Å²) in [5, 5.41) is 11.7. The average molecular weight is 353 g/mol. The Balaban J connectivity index is 0.00000192. The molecule has 0 saturated heterocycles. The molecule has 1 aliphatic rings. The van der Waals surface area contributed by atoms with E-state index in [-0.39, 0.29) is 37.5 Å². The van der Waals surface area contributed by atoms with E-state index >= 15 is 0 Å². The molecule has 0 saturated carbocycles. The van der Waals surface area contributed by atoms with Crippen molar-refractivity contribution in [3.63, 3.8) is 0 Å². The fourth-order valence-electron chi connectivity index (χ4n) is 2.98. The van der Waals surface area contributed by atoms with Crippen LogP contribution in [0.25, 0.3) is 0 Å². The van der Waals surface area contributed by atoms with Crippen molar-refractivity contribution in [2.24, 2.45) is 0 Å². The molecule has 0 aliphatic carbocycles. The van der Waals surface area contributed by atoms with E-state index in [1.54, 1.807) is 11.4 Å². The lowest BCUT2D eigenvalue weighted by atomic mass is 9.96. The van der Waals surface area contributed by atoms with Gasteiger partial charge in [-0.15, -0.1) is 0 Å². The first-order valence-corrected chi connectivity index (χ1v) is 7.63. The number of hydrogen-bond donors (Lipinski definition) is 2. The quantitative estimate of drug-likeness (QED) is 0.658. The smallest absolute Gasteiger partial charge is 0.329 e. The Morgan fingerprint density at radius 1 is 1.22 bits per heavy atom. The summed E-state index contributed by atoms with van der Waals surface area (Å²) in [6, 6.07) is 15.5. The van der Waals surface area contributed by atoms with Gasteiger partial charge in [-0.1, -0.05) is 41.9 Å². The van der Waals surface area contributed by atoms with Crippen LogP contribution in [0.3, 0.4) is 0 Å². The summed E-state index contributed by atoms with van der Waals surface area (Å²) < 4.78 is 0. The first-order chi connectivity index (χ1) is 10.7. The van der Waals surface area contributed by atoms with Gasteiger partial charge in [0, 0.05) is 23.2 Å². The van der Waals surface area contributed by atoms with Crippen LogP contribution in [0.1, 0.15) is 17.2 Å². The minimum atomic E-state index is -0.0928. The largest absolute Gasteiger partial charge is 1.00 e. The van der Waals surface area contributed by atoms with Crippen LogP contribution in [0.15, 0.2) is 48.5 Å². The lowest BCUT2D eigenvalue weighted by Gasteiger charge is -2.28. The van der Waals surface area contributed by atoms with E-state index in [4.69, 9.17) is 11.6 Å². The van der Waals surface area contributed by atoms with Crippen molar-refractivity contribution in [1.82, 2.24) is 4.90 Å². The number of halogens is 2. The van der Waals surface area contributed by atoms with Gasteiger partial charge < -0.3 is 17.5 Å². The summed E-state index contributed by atoms with van der Waals surface area (Å²) in [5.41, 5.74) is 2.98. The zero-order valence-electron chi connectivity index (χ0n) is 12.5. The van der Waals surface area contributed by atoms with Gasteiger partial charge in [0.05, 0.1) is 12.6 Å². The van der Waals surface area contributed by atoms with E-state index in [1.807, 2.05) is 47.4 Å². The molecule has 2 aromatic rings. The third kappa shape index (κ3) is 3.91. The molecule has 3 rings (SSSR count). The first-order valence-electron chi connectivity index (χ1n) is 7.26. The number of benzene rings is 2. The molecule has 122 valence electrons. The topological polar surface area (TPSA) is 57.2 Å². The maximum atomic E-state index is 12.2. The Morgan fingerprint density at radius 2 is 1.96 bits per heavy atom. The normalized spacial score (nSPS) is 18.0. The second-order valence-electron chi connectivity index (χ2n) is 5.39. The SMILES string of the molecule is O=C1CN(CCO)C(c2ccccc2)c2cc(Cl)ccc2[NH2+]1.[Cl-]. The molecule has 1 atom stereocenters. The van der Waals surface area contributed by atoms with Gasteiger partial charge in [0.25, 0.3) is 0 Å². The third-order valence-corrected chi connectivity index (χ3v) is 4.12. The van der Waals surface area contributed by atoms with Crippen molar-refractivity contribution < 1.29 is 27.6 Å². The molecule has 0 aromatic heterocycles. The summed E-state index contributed by atoms with van der Waals surface area (Å²) in [6.07, 6.45) is 0. The number of carbonyl (C=O) groups excluding carboxylic acids is 1. The van der Waals surface area contributed by atoms with E-state index < -0.39 is 0 Å². The van der Waals surface area contributed by atoms with Crippen LogP contribution in [-0.2, 0) is 4.79 Å². The molecule has 4 nitrogen and oxygen atoms in total. The highest BCUT2D eigenvalue weighted by Gasteiger charge is 2.32. The molecule has 0 bridgehead atoms. The number of amides is 1. The Bertz CT molecular complexity index is 680. The minimum absolute atomic E-state index is 0. The maximum absolute atomic E-state index is 12.2. The van der Waals surface area contributed by atoms with Crippen molar-refractivity contribution in [1.29, 1.82) is 0 Å². The fourth-order valence-corrected chi connectivity index (χ4v) is 3.16. The monoisotopic (exact) mass is 352 g/mol.